The maximum Gasteiger partial charge on any atom is 0.312 e. The van der Waals surface area contributed by atoms with Gasteiger partial charge in [-0.25, -0.2) is 0 Å². The fourth-order valence-corrected chi connectivity index (χ4v) is 4.66. The Morgan fingerprint density at radius 1 is 0.714 bits per heavy atom. The predicted octanol–water partition coefficient (Wildman–Crippen LogP) is 1.89. The molecule has 0 bridgehead atoms. The van der Waals surface area contributed by atoms with Crippen molar-refractivity contribution in [3.63, 3.8) is 0 Å². The standard InChI is InChI=1S/C24H28O11/c1-30-12-7-10(8-13(31-2)20(12)26)15-16-11(9-14(32-3)21(27)22(16)33-4)19(25)18(24(29)35-6)17(15)23(28)34-5/h7-9,15,17-19,25-27H,1-6H3/t15-,17+,18?,19?/m1/s1. The number of fused-ring (bicyclic) bond motifs is 1. The summed E-state index contributed by atoms with van der Waals surface area (Å²) in [5, 5.41) is 32.5. The van der Waals surface area contributed by atoms with E-state index in [-0.39, 0.29) is 45.6 Å². The molecule has 190 valence electrons. The molecule has 0 aromatic heterocycles. The van der Waals surface area contributed by atoms with E-state index >= 15 is 0 Å². The summed E-state index contributed by atoms with van der Waals surface area (Å²) in [7, 11) is 7.58. The lowest BCUT2D eigenvalue weighted by Gasteiger charge is -2.40. The molecule has 11 heteroatoms. The molecule has 0 fully saturated rings. The zero-order chi connectivity index (χ0) is 26.0. The predicted molar refractivity (Wildman–Crippen MR) is 120 cm³/mol. The van der Waals surface area contributed by atoms with Gasteiger partial charge in [0, 0.05) is 11.5 Å². The highest BCUT2D eigenvalue weighted by Gasteiger charge is 2.53. The van der Waals surface area contributed by atoms with Gasteiger partial charge in [0.1, 0.15) is 5.92 Å². The fraction of sp³-hybridized carbons (Fsp3) is 0.417. The smallest absolute Gasteiger partial charge is 0.312 e. The van der Waals surface area contributed by atoms with Gasteiger partial charge in [-0.1, -0.05) is 0 Å². The Kier molecular flexibility index (Phi) is 7.49. The van der Waals surface area contributed by atoms with E-state index in [1.807, 2.05) is 0 Å². The van der Waals surface area contributed by atoms with Crippen molar-refractivity contribution in [3.05, 3.63) is 34.9 Å². The van der Waals surface area contributed by atoms with Crippen LogP contribution < -0.4 is 18.9 Å². The molecule has 3 N–H and O–H groups in total. The fourth-order valence-electron chi connectivity index (χ4n) is 4.66. The highest BCUT2D eigenvalue weighted by Crippen LogP contribution is 2.57. The van der Waals surface area contributed by atoms with Crippen molar-refractivity contribution < 1.29 is 53.3 Å². The van der Waals surface area contributed by atoms with Gasteiger partial charge in [-0.05, 0) is 29.3 Å². The van der Waals surface area contributed by atoms with Crippen LogP contribution >= 0.6 is 0 Å². The number of carbonyl (C=O) groups excluding carboxylic acids is 2. The Hall–Kier alpha value is -3.86. The van der Waals surface area contributed by atoms with Gasteiger partial charge in [-0.15, -0.1) is 0 Å². The van der Waals surface area contributed by atoms with Crippen molar-refractivity contribution in [2.24, 2.45) is 11.8 Å². The summed E-state index contributed by atoms with van der Waals surface area (Å²) in [6, 6.07) is 4.27. The molecular weight excluding hydrogens is 464 g/mol. The van der Waals surface area contributed by atoms with Crippen LogP contribution in [0.2, 0.25) is 0 Å². The first kappa shape index (κ1) is 25.8. The van der Waals surface area contributed by atoms with E-state index in [2.05, 4.69) is 0 Å². The van der Waals surface area contributed by atoms with Gasteiger partial charge in [-0.3, -0.25) is 9.59 Å². The van der Waals surface area contributed by atoms with E-state index in [0.29, 0.717) is 5.56 Å². The molecule has 1 aliphatic carbocycles. The molecule has 0 spiro atoms. The molecule has 2 unspecified atom stereocenters. The third kappa shape index (κ3) is 4.12. The normalized spacial score (nSPS) is 20.9. The number of esters is 2. The largest absolute Gasteiger partial charge is 0.502 e. The lowest BCUT2D eigenvalue weighted by atomic mass is 9.64. The van der Waals surface area contributed by atoms with E-state index in [1.54, 1.807) is 0 Å². The SMILES string of the molecule is COC(=O)C1C(O)c2cc(OC)c(O)c(OC)c2[C@@H](c2cc(OC)c(O)c(OC)c2)[C@@H]1C(=O)OC. The van der Waals surface area contributed by atoms with Gasteiger partial charge in [0.2, 0.25) is 11.5 Å². The molecule has 3 rings (SSSR count). The maximum absolute atomic E-state index is 13.1. The molecule has 1 aliphatic rings. The van der Waals surface area contributed by atoms with Gasteiger partial charge in [0.25, 0.3) is 0 Å². The van der Waals surface area contributed by atoms with Crippen molar-refractivity contribution in [2.75, 3.05) is 42.7 Å². The minimum Gasteiger partial charge on any atom is -0.502 e. The van der Waals surface area contributed by atoms with Gasteiger partial charge < -0.3 is 43.7 Å². The van der Waals surface area contributed by atoms with Crippen molar-refractivity contribution in [1.29, 1.82) is 0 Å². The lowest BCUT2D eigenvalue weighted by Crippen LogP contribution is -2.43. The number of benzene rings is 2. The quantitative estimate of drug-likeness (QED) is 0.486. The number of aliphatic hydroxyl groups is 1. The second-order valence-corrected chi connectivity index (χ2v) is 7.76. The molecule has 0 radical (unpaired) electrons. The number of methoxy groups -OCH3 is 6. The number of rotatable bonds is 7. The van der Waals surface area contributed by atoms with Crippen LogP contribution in [0.4, 0.5) is 0 Å². The van der Waals surface area contributed by atoms with Gasteiger partial charge in [0.05, 0.1) is 54.7 Å². The third-order valence-corrected chi connectivity index (χ3v) is 6.24. The van der Waals surface area contributed by atoms with Crippen LogP contribution in [0.1, 0.15) is 28.7 Å². The van der Waals surface area contributed by atoms with E-state index in [1.165, 1.54) is 46.6 Å². The highest BCUT2D eigenvalue weighted by molar-refractivity contribution is 5.86. The summed E-state index contributed by atoms with van der Waals surface area (Å²) in [5.41, 5.74) is 0.725. The van der Waals surface area contributed by atoms with Crippen LogP contribution in [0.15, 0.2) is 18.2 Å². The Labute approximate surface area is 201 Å². The van der Waals surface area contributed by atoms with Crippen LogP contribution in [0.5, 0.6) is 34.5 Å². The van der Waals surface area contributed by atoms with Crippen molar-refractivity contribution in [2.45, 2.75) is 12.0 Å². The summed E-state index contributed by atoms with van der Waals surface area (Å²) in [6.45, 7) is 0. The molecule has 11 nitrogen and oxygen atoms in total. The maximum atomic E-state index is 13.1. The minimum absolute atomic E-state index is 0.0144. The van der Waals surface area contributed by atoms with Crippen molar-refractivity contribution >= 4 is 11.9 Å². The highest BCUT2D eigenvalue weighted by atomic mass is 16.5. The summed E-state index contributed by atoms with van der Waals surface area (Å²) in [5.74, 6) is -6.12. The monoisotopic (exact) mass is 492 g/mol. The molecule has 0 saturated carbocycles. The number of phenols is 2. The molecule has 2 aromatic carbocycles. The van der Waals surface area contributed by atoms with Crippen molar-refractivity contribution in [1.82, 2.24) is 0 Å². The molecule has 0 aliphatic heterocycles. The Morgan fingerprint density at radius 2 is 1.20 bits per heavy atom. The molecular formula is C24H28O11. The first-order chi connectivity index (χ1) is 16.7. The lowest BCUT2D eigenvalue weighted by molar-refractivity contribution is -0.164. The Balaban J connectivity index is 2.50. The van der Waals surface area contributed by atoms with Crippen LogP contribution in [-0.4, -0.2) is 69.9 Å². The van der Waals surface area contributed by atoms with Gasteiger partial charge >= 0.3 is 11.9 Å². The number of hydrogen-bond acceptors (Lipinski definition) is 11. The molecule has 0 heterocycles. The first-order valence-corrected chi connectivity index (χ1v) is 10.5. The number of aromatic hydroxyl groups is 2. The van der Waals surface area contributed by atoms with E-state index in [4.69, 9.17) is 28.4 Å². The van der Waals surface area contributed by atoms with Crippen LogP contribution in [0, 0.1) is 11.8 Å². The van der Waals surface area contributed by atoms with Crippen molar-refractivity contribution in [3.8, 4) is 34.5 Å². The number of hydrogen-bond donors (Lipinski definition) is 3. The van der Waals surface area contributed by atoms with Gasteiger partial charge in [-0.2, -0.15) is 0 Å². The molecule has 35 heavy (non-hydrogen) atoms. The second-order valence-electron chi connectivity index (χ2n) is 7.76. The minimum atomic E-state index is -1.54. The summed E-state index contributed by atoms with van der Waals surface area (Å²) < 4.78 is 31.2. The third-order valence-electron chi connectivity index (χ3n) is 6.24. The number of ether oxygens (including phenoxy) is 6. The summed E-state index contributed by atoms with van der Waals surface area (Å²) >= 11 is 0. The topological polar surface area (TPSA) is 150 Å². The zero-order valence-electron chi connectivity index (χ0n) is 20.1. The summed E-state index contributed by atoms with van der Waals surface area (Å²) in [6.07, 6.45) is -1.54. The Morgan fingerprint density at radius 3 is 1.66 bits per heavy atom. The Bertz CT molecular complexity index is 1100. The number of phenolic OH excluding ortho intramolecular Hbond substituents is 2. The zero-order valence-corrected chi connectivity index (χ0v) is 20.1. The second kappa shape index (κ2) is 10.2. The van der Waals surface area contributed by atoms with Crippen LogP contribution in [-0.2, 0) is 19.1 Å². The first-order valence-electron chi connectivity index (χ1n) is 10.5. The van der Waals surface area contributed by atoms with E-state index < -0.39 is 35.8 Å². The van der Waals surface area contributed by atoms with E-state index in [9.17, 15) is 24.9 Å². The van der Waals surface area contributed by atoms with Crippen LogP contribution in [0.3, 0.4) is 0 Å². The number of carbonyl (C=O) groups is 2. The average Bonchev–Trinajstić information content (AvgIpc) is 2.87. The van der Waals surface area contributed by atoms with E-state index in [0.717, 1.165) is 14.2 Å². The average molecular weight is 492 g/mol. The van der Waals surface area contributed by atoms with Gasteiger partial charge in [0.15, 0.2) is 23.0 Å². The molecule has 0 amide bonds. The molecule has 2 aromatic rings. The molecule has 0 saturated heterocycles. The summed E-state index contributed by atoms with van der Waals surface area (Å²) in [4.78, 5) is 26.0. The van der Waals surface area contributed by atoms with Crippen LogP contribution in [0.25, 0.3) is 0 Å². The number of aliphatic hydroxyl groups excluding tert-OH is 1. The molecule has 4 atom stereocenters.